The summed E-state index contributed by atoms with van der Waals surface area (Å²) < 4.78 is 0. The molecule has 0 bridgehead atoms. The normalized spacial score (nSPS) is 13.4. The first-order valence-corrected chi connectivity index (χ1v) is 9.82. The molecule has 1 aliphatic carbocycles. The number of hydrogen-bond acceptors (Lipinski definition) is 2. The van der Waals surface area contributed by atoms with Crippen LogP contribution in [0.3, 0.4) is 0 Å². The zero-order valence-electron chi connectivity index (χ0n) is 16.9. The number of aliphatic imine (C=N–C) groups is 1. The minimum atomic E-state index is 0.561. The minimum absolute atomic E-state index is 0.561. The molecule has 0 heterocycles. The van der Waals surface area contributed by atoms with Gasteiger partial charge in [-0.2, -0.15) is 0 Å². The minimum Gasteiger partial charge on any atom is -0.305 e. The highest BCUT2D eigenvalue weighted by Gasteiger charge is 2.24. The Bertz CT molecular complexity index is 1150. The van der Waals surface area contributed by atoms with Crippen LogP contribution in [0.1, 0.15) is 41.7 Å². The van der Waals surface area contributed by atoms with E-state index in [1.165, 1.54) is 22.3 Å². The predicted octanol–water partition coefficient (Wildman–Crippen LogP) is 6.56. The Balaban J connectivity index is 1.86. The molecule has 0 spiro atoms. The molecule has 0 aromatic heterocycles. The van der Waals surface area contributed by atoms with Crippen LogP contribution >= 0.6 is 0 Å². The van der Waals surface area contributed by atoms with Crippen LogP contribution in [0.15, 0.2) is 96.0 Å². The lowest BCUT2D eigenvalue weighted by Crippen LogP contribution is -2.06. The van der Waals surface area contributed by atoms with Gasteiger partial charge in [-0.1, -0.05) is 91.0 Å². The molecule has 0 aliphatic heterocycles. The molecular formula is C27H24N2. The highest BCUT2D eigenvalue weighted by molar-refractivity contribution is 6.34. The zero-order valence-corrected chi connectivity index (χ0v) is 16.9. The van der Waals surface area contributed by atoms with Crippen LogP contribution in [0.25, 0.3) is 11.3 Å². The summed E-state index contributed by atoms with van der Waals surface area (Å²) in [5.74, 6) is 0. The third kappa shape index (κ3) is 3.74. The second-order valence-corrected chi connectivity index (χ2v) is 7.46. The van der Waals surface area contributed by atoms with E-state index in [-0.39, 0.29) is 0 Å². The molecular weight excluding hydrogens is 352 g/mol. The molecule has 3 aromatic rings. The van der Waals surface area contributed by atoms with Crippen LogP contribution in [0.4, 0.5) is 0 Å². The van der Waals surface area contributed by atoms with Crippen molar-refractivity contribution in [1.82, 2.24) is 0 Å². The first-order chi connectivity index (χ1) is 14.0. The van der Waals surface area contributed by atoms with E-state index >= 15 is 0 Å². The molecule has 3 aromatic carbocycles. The highest BCUT2D eigenvalue weighted by atomic mass is 14.8. The van der Waals surface area contributed by atoms with Gasteiger partial charge in [-0.15, -0.1) is 0 Å². The molecule has 1 aliphatic rings. The highest BCUT2D eigenvalue weighted by Crippen LogP contribution is 2.36. The van der Waals surface area contributed by atoms with E-state index < -0.39 is 0 Å². The summed E-state index contributed by atoms with van der Waals surface area (Å²) in [6.45, 7) is 8.24. The lowest BCUT2D eigenvalue weighted by atomic mass is 9.94. The van der Waals surface area contributed by atoms with Crippen molar-refractivity contribution in [2.24, 2.45) is 4.99 Å². The second kappa shape index (κ2) is 7.84. The monoisotopic (exact) mass is 376 g/mol. The van der Waals surface area contributed by atoms with Crippen LogP contribution in [-0.4, -0.2) is 11.4 Å². The molecule has 142 valence electrons. The van der Waals surface area contributed by atoms with Gasteiger partial charge in [-0.05, 0) is 42.5 Å². The Labute approximate surface area is 172 Å². The maximum Gasteiger partial charge on any atom is 0.0787 e. The van der Waals surface area contributed by atoms with Gasteiger partial charge in [0.25, 0.3) is 0 Å². The van der Waals surface area contributed by atoms with Gasteiger partial charge in [0.15, 0.2) is 0 Å². The molecule has 0 saturated heterocycles. The fraction of sp³-hybridized carbons (Fsp3) is 0.111. The van der Waals surface area contributed by atoms with Gasteiger partial charge in [-0.3, -0.25) is 0 Å². The van der Waals surface area contributed by atoms with Gasteiger partial charge in [0.2, 0.25) is 0 Å². The number of nitrogens with one attached hydrogen (secondary N) is 1. The fourth-order valence-corrected chi connectivity index (χ4v) is 3.82. The number of allylic oxidation sites excluding steroid dienone is 2. The standard InChI is InChI=1S/C27H24N2/c1-18-17-24-11-7-8-12-25(24)26(18)27(23-15-13-21(14-16-23)19(2)28)29-20(3)22-9-5-4-6-10-22/h4-16,28H,3,17H2,1-2H3. The van der Waals surface area contributed by atoms with Crippen molar-refractivity contribution in [3.8, 4) is 0 Å². The van der Waals surface area contributed by atoms with Crippen molar-refractivity contribution in [3.63, 3.8) is 0 Å². The Hall–Kier alpha value is -3.52. The molecule has 2 nitrogen and oxygen atoms in total. The molecule has 0 atom stereocenters. The molecule has 1 N–H and O–H groups in total. The third-order valence-corrected chi connectivity index (χ3v) is 5.35. The first kappa shape index (κ1) is 18.8. The quantitative estimate of drug-likeness (QED) is 0.489. The smallest absolute Gasteiger partial charge is 0.0787 e. The van der Waals surface area contributed by atoms with Crippen LogP contribution < -0.4 is 0 Å². The number of hydrogen-bond donors (Lipinski definition) is 1. The van der Waals surface area contributed by atoms with E-state index in [1.807, 2.05) is 42.5 Å². The summed E-state index contributed by atoms with van der Waals surface area (Å²) in [4.78, 5) is 5.03. The van der Waals surface area contributed by atoms with E-state index in [1.54, 1.807) is 6.92 Å². The Morgan fingerprint density at radius 1 is 0.828 bits per heavy atom. The summed E-state index contributed by atoms with van der Waals surface area (Å²) >= 11 is 0. The average Bonchev–Trinajstić information content (AvgIpc) is 3.08. The topological polar surface area (TPSA) is 36.2 Å². The molecule has 0 unspecified atom stereocenters. The van der Waals surface area contributed by atoms with Gasteiger partial charge in [0, 0.05) is 16.8 Å². The van der Waals surface area contributed by atoms with Crippen LogP contribution in [0.2, 0.25) is 0 Å². The second-order valence-electron chi connectivity index (χ2n) is 7.46. The van der Waals surface area contributed by atoms with Crippen molar-refractivity contribution in [3.05, 3.63) is 119 Å². The number of fused-ring (bicyclic) bond motifs is 1. The lowest BCUT2D eigenvalue weighted by molar-refractivity contribution is 1.19. The van der Waals surface area contributed by atoms with Crippen molar-refractivity contribution in [1.29, 1.82) is 5.41 Å². The molecule has 2 heteroatoms. The average molecular weight is 377 g/mol. The van der Waals surface area contributed by atoms with E-state index in [9.17, 15) is 0 Å². The zero-order chi connectivity index (χ0) is 20.4. The molecule has 0 fully saturated rings. The SMILES string of the molecule is C=C(N=C(C1=C(C)Cc2ccccc21)c1ccc(C(C)=N)cc1)c1ccccc1. The molecule has 0 amide bonds. The van der Waals surface area contributed by atoms with E-state index in [4.69, 9.17) is 10.4 Å². The van der Waals surface area contributed by atoms with E-state index in [0.29, 0.717) is 5.71 Å². The number of rotatable bonds is 5. The van der Waals surface area contributed by atoms with Gasteiger partial charge in [0.05, 0.1) is 11.4 Å². The molecule has 29 heavy (non-hydrogen) atoms. The van der Waals surface area contributed by atoms with Crippen molar-refractivity contribution >= 4 is 22.7 Å². The van der Waals surface area contributed by atoms with Crippen LogP contribution in [0, 0.1) is 5.41 Å². The van der Waals surface area contributed by atoms with Gasteiger partial charge in [-0.25, -0.2) is 4.99 Å². The maximum atomic E-state index is 7.88. The first-order valence-electron chi connectivity index (χ1n) is 9.82. The Kier molecular flexibility index (Phi) is 5.09. The predicted molar refractivity (Wildman–Crippen MR) is 124 cm³/mol. The Morgan fingerprint density at radius 2 is 1.45 bits per heavy atom. The summed E-state index contributed by atoms with van der Waals surface area (Å²) in [5.41, 5.74) is 10.3. The van der Waals surface area contributed by atoms with Gasteiger partial charge in [0.1, 0.15) is 0 Å². The Morgan fingerprint density at radius 3 is 2.14 bits per heavy atom. The number of nitrogens with zero attached hydrogens (tertiary/aromatic N) is 1. The van der Waals surface area contributed by atoms with Crippen molar-refractivity contribution < 1.29 is 0 Å². The lowest BCUT2D eigenvalue weighted by Gasteiger charge is -2.14. The van der Waals surface area contributed by atoms with Gasteiger partial charge >= 0.3 is 0 Å². The van der Waals surface area contributed by atoms with Crippen LogP contribution in [0.5, 0.6) is 0 Å². The van der Waals surface area contributed by atoms with E-state index in [0.717, 1.165) is 34.5 Å². The molecule has 4 rings (SSSR count). The molecule has 0 radical (unpaired) electrons. The largest absolute Gasteiger partial charge is 0.305 e. The summed E-state index contributed by atoms with van der Waals surface area (Å²) in [6, 6.07) is 26.7. The summed E-state index contributed by atoms with van der Waals surface area (Å²) in [7, 11) is 0. The van der Waals surface area contributed by atoms with Crippen LogP contribution in [-0.2, 0) is 6.42 Å². The van der Waals surface area contributed by atoms with Crippen molar-refractivity contribution in [2.75, 3.05) is 0 Å². The summed E-state index contributed by atoms with van der Waals surface area (Å²) in [6.07, 6.45) is 0.944. The number of benzene rings is 3. The van der Waals surface area contributed by atoms with E-state index in [2.05, 4.69) is 49.9 Å². The summed E-state index contributed by atoms with van der Waals surface area (Å²) in [5, 5.41) is 7.88. The third-order valence-electron chi connectivity index (χ3n) is 5.35. The fourth-order valence-electron chi connectivity index (χ4n) is 3.82. The molecule has 0 saturated carbocycles. The maximum absolute atomic E-state index is 7.88. The van der Waals surface area contributed by atoms with Crippen molar-refractivity contribution in [2.45, 2.75) is 20.3 Å². The van der Waals surface area contributed by atoms with Gasteiger partial charge < -0.3 is 5.41 Å².